The number of unbranched alkanes of at least 4 members (excludes halogenated alkanes) is 1. The van der Waals surface area contributed by atoms with Crippen molar-refractivity contribution < 1.29 is 4.74 Å². The number of aryl methyl sites for hydroxylation is 1. The molecule has 1 saturated carbocycles. The molecule has 0 atom stereocenters. The summed E-state index contributed by atoms with van der Waals surface area (Å²) in [6, 6.07) is 0.823. The van der Waals surface area contributed by atoms with Gasteiger partial charge >= 0.3 is 0 Å². The van der Waals surface area contributed by atoms with Crippen LogP contribution in [0.2, 0.25) is 0 Å². The number of nitrogens with one attached hydrogen (secondary N) is 1. The van der Waals surface area contributed by atoms with E-state index >= 15 is 0 Å². The molecule has 0 saturated heterocycles. The minimum atomic E-state index is 0.790. The van der Waals surface area contributed by atoms with E-state index in [1.165, 1.54) is 19.3 Å². The summed E-state index contributed by atoms with van der Waals surface area (Å²) in [5, 5.41) is 7.53. The van der Waals surface area contributed by atoms with Crippen LogP contribution in [0.1, 0.15) is 25.7 Å². The van der Waals surface area contributed by atoms with Crippen molar-refractivity contribution in [3.63, 3.8) is 0 Å². The van der Waals surface area contributed by atoms with Gasteiger partial charge in [0.2, 0.25) is 0 Å². The van der Waals surface area contributed by atoms with Gasteiger partial charge in [-0.25, -0.2) is 0 Å². The first-order valence-electron chi connectivity index (χ1n) is 5.69. The quantitative estimate of drug-likeness (QED) is 0.689. The number of ether oxygens (including phenoxy) is 1. The maximum Gasteiger partial charge on any atom is 0.157 e. The van der Waals surface area contributed by atoms with E-state index in [1.54, 1.807) is 10.9 Å². The molecule has 0 spiro atoms. The topological polar surface area (TPSA) is 39.1 Å². The second-order valence-corrected chi connectivity index (χ2v) is 4.13. The average molecular weight is 209 g/mol. The maximum atomic E-state index is 5.54. The monoisotopic (exact) mass is 209 g/mol. The molecule has 84 valence electrons. The Labute approximate surface area is 90.6 Å². The number of rotatable bonds is 7. The van der Waals surface area contributed by atoms with Crippen LogP contribution in [0.15, 0.2) is 12.4 Å². The van der Waals surface area contributed by atoms with Gasteiger partial charge in [-0.3, -0.25) is 4.68 Å². The Kier molecular flexibility index (Phi) is 3.61. The SMILES string of the molecule is Cn1cc(OCCCCNC2CC2)cn1. The van der Waals surface area contributed by atoms with Crippen molar-refractivity contribution in [3.05, 3.63) is 12.4 Å². The van der Waals surface area contributed by atoms with E-state index < -0.39 is 0 Å². The lowest BCUT2D eigenvalue weighted by Crippen LogP contribution is -2.17. The van der Waals surface area contributed by atoms with Crippen molar-refractivity contribution in [3.8, 4) is 5.75 Å². The fourth-order valence-electron chi connectivity index (χ4n) is 1.48. The van der Waals surface area contributed by atoms with Gasteiger partial charge in [0.15, 0.2) is 5.75 Å². The largest absolute Gasteiger partial charge is 0.490 e. The third kappa shape index (κ3) is 3.91. The van der Waals surface area contributed by atoms with E-state index in [1.807, 2.05) is 13.2 Å². The Morgan fingerprint density at radius 1 is 1.53 bits per heavy atom. The summed E-state index contributed by atoms with van der Waals surface area (Å²) in [5.74, 6) is 0.868. The number of aromatic nitrogens is 2. The second-order valence-electron chi connectivity index (χ2n) is 4.13. The fraction of sp³-hybridized carbons (Fsp3) is 0.727. The zero-order valence-electron chi connectivity index (χ0n) is 9.28. The lowest BCUT2D eigenvalue weighted by Gasteiger charge is -2.03. The van der Waals surface area contributed by atoms with E-state index in [2.05, 4.69) is 10.4 Å². The molecule has 0 radical (unpaired) electrons. The number of hydrogen-bond donors (Lipinski definition) is 1. The summed E-state index contributed by atoms with van der Waals surface area (Å²) < 4.78 is 7.29. The molecule has 1 aromatic heterocycles. The molecule has 4 nitrogen and oxygen atoms in total. The van der Waals surface area contributed by atoms with Gasteiger partial charge in [-0.05, 0) is 32.2 Å². The van der Waals surface area contributed by atoms with E-state index in [0.29, 0.717) is 0 Å². The van der Waals surface area contributed by atoms with Crippen molar-refractivity contribution in [2.24, 2.45) is 7.05 Å². The molecule has 4 heteroatoms. The van der Waals surface area contributed by atoms with Crippen molar-refractivity contribution in [1.82, 2.24) is 15.1 Å². The predicted octanol–water partition coefficient (Wildman–Crippen LogP) is 1.33. The Balaban J connectivity index is 1.47. The first-order valence-corrected chi connectivity index (χ1v) is 5.69. The normalized spacial score (nSPS) is 15.5. The zero-order chi connectivity index (χ0) is 10.5. The van der Waals surface area contributed by atoms with Gasteiger partial charge in [0.05, 0.1) is 19.0 Å². The second kappa shape index (κ2) is 5.16. The van der Waals surface area contributed by atoms with Gasteiger partial charge in [-0.1, -0.05) is 0 Å². The molecule has 1 aliphatic carbocycles. The zero-order valence-corrected chi connectivity index (χ0v) is 9.28. The van der Waals surface area contributed by atoms with Crippen LogP contribution in [0.4, 0.5) is 0 Å². The fourth-order valence-corrected chi connectivity index (χ4v) is 1.48. The first kappa shape index (κ1) is 10.5. The molecule has 0 amide bonds. The molecule has 1 aromatic rings. The summed E-state index contributed by atoms with van der Waals surface area (Å²) in [7, 11) is 1.90. The van der Waals surface area contributed by atoms with Crippen molar-refractivity contribution in [2.75, 3.05) is 13.2 Å². The smallest absolute Gasteiger partial charge is 0.157 e. The molecule has 1 aliphatic rings. The molecule has 0 aliphatic heterocycles. The summed E-state index contributed by atoms with van der Waals surface area (Å²) in [4.78, 5) is 0. The molecule has 1 fully saturated rings. The Morgan fingerprint density at radius 3 is 3.07 bits per heavy atom. The van der Waals surface area contributed by atoms with Crippen LogP contribution >= 0.6 is 0 Å². The maximum absolute atomic E-state index is 5.54. The van der Waals surface area contributed by atoms with E-state index in [0.717, 1.165) is 31.4 Å². The lowest BCUT2D eigenvalue weighted by molar-refractivity contribution is 0.305. The van der Waals surface area contributed by atoms with E-state index in [-0.39, 0.29) is 0 Å². The van der Waals surface area contributed by atoms with Gasteiger partial charge < -0.3 is 10.1 Å². The van der Waals surface area contributed by atoms with Crippen molar-refractivity contribution in [2.45, 2.75) is 31.7 Å². The summed E-state index contributed by atoms with van der Waals surface area (Å²) in [6.45, 7) is 1.92. The number of hydrogen-bond acceptors (Lipinski definition) is 3. The van der Waals surface area contributed by atoms with Crippen LogP contribution in [0, 0.1) is 0 Å². The molecule has 15 heavy (non-hydrogen) atoms. The molecule has 0 bridgehead atoms. The highest BCUT2D eigenvalue weighted by atomic mass is 16.5. The van der Waals surface area contributed by atoms with E-state index in [4.69, 9.17) is 4.74 Å². The van der Waals surface area contributed by atoms with Crippen molar-refractivity contribution >= 4 is 0 Å². The minimum Gasteiger partial charge on any atom is -0.490 e. The summed E-state index contributed by atoms with van der Waals surface area (Å²) >= 11 is 0. The van der Waals surface area contributed by atoms with Crippen LogP contribution in [-0.2, 0) is 7.05 Å². The number of nitrogens with zero attached hydrogens (tertiary/aromatic N) is 2. The molecule has 0 aromatic carbocycles. The molecule has 1 heterocycles. The Bertz CT molecular complexity index is 294. The summed E-state index contributed by atoms with van der Waals surface area (Å²) in [5.41, 5.74) is 0. The van der Waals surface area contributed by atoms with Gasteiger partial charge in [0.25, 0.3) is 0 Å². The summed E-state index contributed by atoms with van der Waals surface area (Å²) in [6.07, 6.45) is 8.68. The highest BCUT2D eigenvalue weighted by Crippen LogP contribution is 2.18. The van der Waals surface area contributed by atoms with Gasteiger partial charge in [-0.2, -0.15) is 5.10 Å². The standard InChI is InChI=1S/C11H19N3O/c1-14-9-11(8-13-14)15-7-3-2-6-12-10-4-5-10/h8-10,12H,2-7H2,1H3. The molecular weight excluding hydrogens is 190 g/mol. The van der Waals surface area contributed by atoms with Crippen LogP contribution in [-0.4, -0.2) is 29.0 Å². The highest BCUT2D eigenvalue weighted by molar-refractivity contribution is 5.10. The molecule has 0 unspecified atom stereocenters. The Hall–Kier alpha value is -1.03. The van der Waals surface area contributed by atoms with Crippen LogP contribution in [0.3, 0.4) is 0 Å². The van der Waals surface area contributed by atoms with Crippen LogP contribution in [0.25, 0.3) is 0 Å². The average Bonchev–Trinajstić information content (AvgIpc) is 2.95. The van der Waals surface area contributed by atoms with Crippen LogP contribution < -0.4 is 10.1 Å². The molecule has 1 N–H and O–H groups in total. The van der Waals surface area contributed by atoms with Crippen molar-refractivity contribution in [1.29, 1.82) is 0 Å². The van der Waals surface area contributed by atoms with Gasteiger partial charge in [0, 0.05) is 13.1 Å². The Morgan fingerprint density at radius 2 is 2.40 bits per heavy atom. The van der Waals surface area contributed by atoms with Crippen LogP contribution in [0.5, 0.6) is 5.75 Å². The minimum absolute atomic E-state index is 0.790. The highest BCUT2D eigenvalue weighted by Gasteiger charge is 2.19. The predicted molar refractivity (Wildman–Crippen MR) is 59.0 cm³/mol. The van der Waals surface area contributed by atoms with Gasteiger partial charge in [-0.15, -0.1) is 0 Å². The lowest BCUT2D eigenvalue weighted by atomic mass is 10.3. The first-order chi connectivity index (χ1) is 7.34. The molecular formula is C11H19N3O. The van der Waals surface area contributed by atoms with Gasteiger partial charge in [0.1, 0.15) is 0 Å². The third-order valence-electron chi connectivity index (χ3n) is 2.53. The third-order valence-corrected chi connectivity index (χ3v) is 2.53. The van der Waals surface area contributed by atoms with E-state index in [9.17, 15) is 0 Å². The molecule has 2 rings (SSSR count).